The fourth-order valence-corrected chi connectivity index (χ4v) is 3.17. The third-order valence-electron chi connectivity index (χ3n) is 4.87. The van der Waals surface area contributed by atoms with E-state index in [2.05, 4.69) is 29.0 Å². The van der Waals surface area contributed by atoms with Crippen LogP contribution in [-0.2, 0) is 11.3 Å². The minimum absolute atomic E-state index is 0.156. The molecule has 1 aromatic carbocycles. The number of ether oxygens (including phenoxy) is 1. The zero-order chi connectivity index (χ0) is 21.1. The second kappa shape index (κ2) is 12.1. The molecule has 1 aliphatic heterocycles. The van der Waals surface area contributed by atoms with E-state index >= 15 is 0 Å². The molecule has 0 spiro atoms. The molecule has 1 amide bonds. The van der Waals surface area contributed by atoms with E-state index in [1.54, 1.807) is 25.1 Å². The van der Waals surface area contributed by atoms with Crippen LogP contribution in [-0.4, -0.2) is 74.6 Å². The minimum Gasteiger partial charge on any atom is -0.489 e. The van der Waals surface area contributed by atoms with Gasteiger partial charge in [-0.2, -0.15) is 0 Å². The first-order chi connectivity index (χ1) is 14.0. The molecule has 2 rings (SSSR count). The number of rotatable bonds is 9. The Morgan fingerprint density at radius 2 is 2.07 bits per heavy atom. The van der Waals surface area contributed by atoms with Crippen LogP contribution in [0.15, 0.2) is 41.9 Å². The molecule has 1 aliphatic rings. The van der Waals surface area contributed by atoms with E-state index in [1.807, 2.05) is 24.3 Å². The van der Waals surface area contributed by atoms with E-state index in [0.717, 1.165) is 49.7 Å². The SMILES string of the molecule is C=CCOc1ccccc1CN=C(NCC)NC1CCN(CC(=O)N(C)C)CC1. The Labute approximate surface area is 174 Å². The van der Waals surface area contributed by atoms with Gasteiger partial charge in [-0.25, -0.2) is 4.99 Å². The molecule has 0 aromatic heterocycles. The number of carbonyl (C=O) groups excluding carboxylic acids is 1. The first kappa shape index (κ1) is 22.7. The van der Waals surface area contributed by atoms with Crippen LogP contribution in [0.5, 0.6) is 5.75 Å². The van der Waals surface area contributed by atoms with Crippen LogP contribution in [0.1, 0.15) is 25.3 Å². The third kappa shape index (κ3) is 7.77. The molecule has 7 nitrogen and oxygen atoms in total. The van der Waals surface area contributed by atoms with E-state index in [0.29, 0.717) is 25.7 Å². The van der Waals surface area contributed by atoms with Crippen molar-refractivity contribution in [2.45, 2.75) is 32.4 Å². The molecule has 0 saturated carbocycles. The number of nitrogens with one attached hydrogen (secondary N) is 2. The fraction of sp³-hybridized carbons (Fsp3) is 0.545. The van der Waals surface area contributed by atoms with Crippen molar-refractivity contribution in [3.05, 3.63) is 42.5 Å². The van der Waals surface area contributed by atoms with Gasteiger partial charge in [-0.3, -0.25) is 9.69 Å². The summed E-state index contributed by atoms with van der Waals surface area (Å²) in [7, 11) is 3.60. The Hall–Kier alpha value is -2.54. The number of likely N-dealkylation sites (N-methyl/N-ethyl adjacent to an activating group) is 1. The maximum Gasteiger partial charge on any atom is 0.236 e. The maximum atomic E-state index is 11.9. The highest BCUT2D eigenvalue weighted by molar-refractivity contribution is 5.80. The number of hydrogen-bond acceptors (Lipinski definition) is 4. The quantitative estimate of drug-likeness (QED) is 0.376. The van der Waals surface area contributed by atoms with Gasteiger partial charge in [0.15, 0.2) is 5.96 Å². The number of amides is 1. The lowest BCUT2D eigenvalue weighted by Gasteiger charge is -2.33. The van der Waals surface area contributed by atoms with Gasteiger partial charge in [0.2, 0.25) is 5.91 Å². The van der Waals surface area contributed by atoms with Gasteiger partial charge in [-0.05, 0) is 25.8 Å². The Kier molecular flexibility index (Phi) is 9.50. The van der Waals surface area contributed by atoms with Crippen LogP contribution in [0.3, 0.4) is 0 Å². The van der Waals surface area contributed by atoms with Crippen molar-refractivity contribution in [1.82, 2.24) is 20.4 Å². The minimum atomic E-state index is 0.156. The number of piperidine rings is 1. The summed E-state index contributed by atoms with van der Waals surface area (Å²) in [5.41, 5.74) is 1.04. The second-order valence-corrected chi connectivity index (χ2v) is 7.39. The van der Waals surface area contributed by atoms with E-state index in [1.165, 1.54) is 0 Å². The summed E-state index contributed by atoms with van der Waals surface area (Å²) >= 11 is 0. The Balaban J connectivity index is 1.90. The molecule has 29 heavy (non-hydrogen) atoms. The summed E-state index contributed by atoms with van der Waals surface area (Å²) in [5, 5.41) is 6.87. The van der Waals surface area contributed by atoms with Crippen molar-refractivity contribution >= 4 is 11.9 Å². The molecule has 1 heterocycles. The molecule has 0 unspecified atom stereocenters. The second-order valence-electron chi connectivity index (χ2n) is 7.39. The van der Waals surface area contributed by atoms with Crippen LogP contribution in [0.4, 0.5) is 0 Å². The van der Waals surface area contributed by atoms with Gasteiger partial charge in [0.05, 0.1) is 13.1 Å². The van der Waals surface area contributed by atoms with Crippen molar-refractivity contribution in [3.63, 3.8) is 0 Å². The summed E-state index contributed by atoms with van der Waals surface area (Å²) < 4.78 is 5.72. The molecule has 0 aliphatic carbocycles. The van der Waals surface area contributed by atoms with Gasteiger partial charge in [-0.15, -0.1) is 0 Å². The van der Waals surface area contributed by atoms with E-state index in [-0.39, 0.29) is 5.91 Å². The van der Waals surface area contributed by atoms with Gasteiger partial charge < -0.3 is 20.3 Å². The number of nitrogens with zero attached hydrogens (tertiary/aromatic N) is 3. The summed E-state index contributed by atoms with van der Waals surface area (Å²) in [6.45, 7) is 9.91. The average Bonchev–Trinajstić information content (AvgIpc) is 2.72. The van der Waals surface area contributed by atoms with Crippen LogP contribution < -0.4 is 15.4 Å². The summed E-state index contributed by atoms with van der Waals surface area (Å²) in [6.07, 6.45) is 3.72. The Bertz CT molecular complexity index is 682. The lowest BCUT2D eigenvalue weighted by atomic mass is 10.1. The zero-order valence-electron chi connectivity index (χ0n) is 18.0. The lowest BCUT2D eigenvalue weighted by molar-refractivity contribution is -0.130. The summed E-state index contributed by atoms with van der Waals surface area (Å²) in [5.74, 6) is 1.81. The number of aliphatic imine (C=N–C) groups is 1. The molecule has 1 aromatic rings. The van der Waals surface area contributed by atoms with E-state index in [4.69, 9.17) is 9.73 Å². The van der Waals surface area contributed by atoms with Crippen LogP contribution in [0, 0.1) is 0 Å². The van der Waals surface area contributed by atoms with Crippen molar-refractivity contribution in [2.24, 2.45) is 4.99 Å². The summed E-state index contributed by atoms with van der Waals surface area (Å²) in [4.78, 5) is 20.5. The predicted octanol–water partition coefficient (Wildman–Crippen LogP) is 1.86. The van der Waals surface area contributed by atoms with Crippen molar-refractivity contribution in [3.8, 4) is 5.75 Å². The van der Waals surface area contributed by atoms with Gasteiger partial charge in [0.25, 0.3) is 0 Å². The standard InChI is InChI=1S/C22H35N5O2/c1-5-15-29-20-10-8-7-9-18(20)16-24-22(23-6-2)25-19-11-13-27(14-12-19)17-21(28)26(3)4/h5,7-10,19H,1,6,11-17H2,2-4H3,(H2,23,24,25). The van der Waals surface area contributed by atoms with Gasteiger partial charge >= 0.3 is 0 Å². The number of likely N-dealkylation sites (tertiary alicyclic amines) is 1. The lowest BCUT2D eigenvalue weighted by Crippen LogP contribution is -2.50. The highest BCUT2D eigenvalue weighted by atomic mass is 16.5. The van der Waals surface area contributed by atoms with Crippen molar-refractivity contribution in [2.75, 3.05) is 46.9 Å². The highest BCUT2D eigenvalue weighted by Crippen LogP contribution is 2.19. The van der Waals surface area contributed by atoms with Crippen LogP contribution in [0.25, 0.3) is 0 Å². The first-order valence-electron chi connectivity index (χ1n) is 10.3. The Morgan fingerprint density at radius 1 is 1.34 bits per heavy atom. The summed E-state index contributed by atoms with van der Waals surface area (Å²) in [6, 6.07) is 8.30. The molecular weight excluding hydrogens is 366 g/mol. The maximum absolute atomic E-state index is 11.9. The number of carbonyl (C=O) groups is 1. The first-order valence-corrected chi connectivity index (χ1v) is 10.3. The van der Waals surface area contributed by atoms with Gasteiger partial charge in [0, 0.05) is 45.3 Å². The van der Waals surface area contributed by atoms with Crippen molar-refractivity contribution in [1.29, 1.82) is 0 Å². The normalized spacial score (nSPS) is 15.6. The van der Waals surface area contributed by atoms with Crippen molar-refractivity contribution < 1.29 is 9.53 Å². The molecule has 0 atom stereocenters. The molecule has 7 heteroatoms. The predicted molar refractivity (Wildman–Crippen MR) is 118 cm³/mol. The number of para-hydroxylation sites is 1. The fourth-order valence-electron chi connectivity index (χ4n) is 3.17. The molecule has 1 saturated heterocycles. The van der Waals surface area contributed by atoms with Crippen LogP contribution in [0.2, 0.25) is 0 Å². The van der Waals surface area contributed by atoms with Gasteiger partial charge in [-0.1, -0.05) is 30.9 Å². The molecule has 2 N–H and O–H groups in total. The largest absolute Gasteiger partial charge is 0.489 e. The monoisotopic (exact) mass is 401 g/mol. The van der Waals surface area contributed by atoms with Crippen LogP contribution >= 0.6 is 0 Å². The molecule has 0 bridgehead atoms. The molecular formula is C22H35N5O2. The molecule has 1 fully saturated rings. The molecule has 160 valence electrons. The number of guanidine groups is 1. The Morgan fingerprint density at radius 3 is 2.72 bits per heavy atom. The topological polar surface area (TPSA) is 69.2 Å². The van der Waals surface area contributed by atoms with E-state index in [9.17, 15) is 4.79 Å². The number of benzene rings is 1. The van der Waals surface area contributed by atoms with Gasteiger partial charge in [0.1, 0.15) is 12.4 Å². The number of hydrogen-bond donors (Lipinski definition) is 2. The smallest absolute Gasteiger partial charge is 0.236 e. The zero-order valence-corrected chi connectivity index (χ0v) is 18.0. The van der Waals surface area contributed by atoms with E-state index < -0.39 is 0 Å². The average molecular weight is 402 g/mol. The third-order valence-corrected chi connectivity index (χ3v) is 4.87. The highest BCUT2D eigenvalue weighted by Gasteiger charge is 2.22. The molecule has 0 radical (unpaired) electrons.